The number of carbonyl (C=O) groups is 2. The van der Waals surface area contributed by atoms with E-state index in [1.807, 2.05) is 30.3 Å². The number of aliphatic imine (C=N–C) groups is 1. The molecule has 4 aromatic carbocycles. The predicted octanol–water partition coefficient (Wildman–Crippen LogP) is 4.87. The zero-order valence-electron chi connectivity index (χ0n) is 21.0. The normalized spacial score (nSPS) is 16.9. The van der Waals surface area contributed by atoms with E-state index in [0.717, 1.165) is 33.9 Å². The van der Waals surface area contributed by atoms with E-state index in [2.05, 4.69) is 10.3 Å². The van der Waals surface area contributed by atoms with Gasteiger partial charge in [-0.25, -0.2) is 8.78 Å². The highest BCUT2D eigenvalue weighted by molar-refractivity contribution is 5.98. The minimum Gasteiger partial charge on any atom is -0.480 e. The molecular weight excluding hydrogens is 516 g/mol. The van der Waals surface area contributed by atoms with Crippen LogP contribution in [0.3, 0.4) is 0 Å². The number of amidine groups is 1. The fourth-order valence-electron chi connectivity index (χ4n) is 5.20. The molecule has 2 aliphatic heterocycles. The van der Waals surface area contributed by atoms with Crippen molar-refractivity contribution in [1.82, 2.24) is 5.32 Å². The zero-order chi connectivity index (χ0) is 28.0. The maximum Gasteiger partial charge on any atom is 0.325 e. The summed E-state index contributed by atoms with van der Waals surface area (Å²) in [4.78, 5) is 27.5. The van der Waals surface area contributed by atoms with Crippen LogP contribution in [-0.4, -0.2) is 29.4 Å². The van der Waals surface area contributed by atoms with Crippen molar-refractivity contribution >= 4 is 17.7 Å². The standard InChI is InChI=1S/C31H23F2N3O4/c32-20-7-10-21(26(33)13-20)18-5-8-22-24(11-18)29-25-12-19(6-9-23(25)28(22)40-29)31(39)36-14-16-1-3-17(4-2-16)30(34)35-15-27(37)38/h1-13,28-29H,14-15H2,(H2,34,35)(H,36,39)(H,37,38)/t28-,29+/m0/s1. The van der Waals surface area contributed by atoms with Crippen LogP contribution in [0.1, 0.15) is 55.9 Å². The summed E-state index contributed by atoms with van der Waals surface area (Å²) in [5, 5.41) is 11.6. The van der Waals surface area contributed by atoms with E-state index < -0.39 is 24.1 Å². The molecule has 4 aromatic rings. The van der Waals surface area contributed by atoms with Crippen molar-refractivity contribution in [2.24, 2.45) is 10.7 Å². The molecule has 0 fully saturated rings. The molecule has 2 bridgehead atoms. The van der Waals surface area contributed by atoms with Crippen molar-refractivity contribution in [2.75, 3.05) is 6.54 Å². The van der Waals surface area contributed by atoms with Crippen LogP contribution in [0.4, 0.5) is 8.78 Å². The van der Waals surface area contributed by atoms with E-state index in [9.17, 15) is 18.4 Å². The molecule has 2 aliphatic rings. The molecule has 7 nitrogen and oxygen atoms in total. The van der Waals surface area contributed by atoms with Crippen LogP contribution in [0.15, 0.2) is 83.9 Å². The van der Waals surface area contributed by atoms with Gasteiger partial charge in [0.2, 0.25) is 0 Å². The molecule has 2 heterocycles. The number of aliphatic carboxylic acids is 1. The SMILES string of the molecule is NC(=NCC(=O)O)c1ccc(CNC(=O)c2ccc3c(c2)[C@@H]2O[C@H]3c3ccc(-c4ccc(F)cc4F)cc32)cc1. The molecule has 200 valence electrons. The third-order valence-electron chi connectivity index (χ3n) is 7.17. The lowest BCUT2D eigenvalue weighted by Crippen LogP contribution is -2.23. The highest BCUT2D eigenvalue weighted by Gasteiger charge is 2.43. The van der Waals surface area contributed by atoms with Gasteiger partial charge in [-0.15, -0.1) is 0 Å². The van der Waals surface area contributed by atoms with Crippen molar-refractivity contribution in [1.29, 1.82) is 0 Å². The summed E-state index contributed by atoms with van der Waals surface area (Å²) < 4.78 is 34.1. The Morgan fingerprint density at radius 3 is 2.25 bits per heavy atom. The summed E-state index contributed by atoms with van der Waals surface area (Å²) in [5.41, 5.74) is 12.5. The van der Waals surface area contributed by atoms with Crippen molar-refractivity contribution in [3.8, 4) is 11.1 Å². The number of carboxylic acid groups (broad SMARTS) is 1. The molecule has 0 spiro atoms. The largest absolute Gasteiger partial charge is 0.480 e. The van der Waals surface area contributed by atoms with Crippen LogP contribution >= 0.6 is 0 Å². The smallest absolute Gasteiger partial charge is 0.325 e. The maximum atomic E-state index is 14.4. The monoisotopic (exact) mass is 539 g/mol. The average molecular weight is 540 g/mol. The molecule has 0 radical (unpaired) electrons. The van der Waals surface area contributed by atoms with Gasteiger partial charge < -0.3 is 20.9 Å². The number of carbonyl (C=O) groups excluding carboxylic acids is 1. The van der Waals surface area contributed by atoms with Gasteiger partial charge in [0.1, 0.15) is 36.2 Å². The molecule has 0 saturated heterocycles. The van der Waals surface area contributed by atoms with Crippen LogP contribution in [0.2, 0.25) is 0 Å². The summed E-state index contributed by atoms with van der Waals surface area (Å²) in [6.45, 7) is -0.128. The minimum atomic E-state index is -1.07. The second kappa shape index (κ2) is 10.0. The Balaban J connectivity index is 1.17. The number of nitrogens with two attached hydrogens (primary N) is 1. The average Bonchev–Trinajstić information content (AvgIpc) is 3.52. The Hall–Kier alpha value is -4.89. The summed E-state index contributed by atoms with van der Waals surface area (Å²) in [6, 6.07) is 21.6. The van der Waals surface area contributed by atoms with Crippen LogP contribution < -0.4 is 11.1 Å². The van der Waals surface area contributed by atoms with E-state index in [1.165, 1.54) is 12.1 Å². The van der Waals surface area contributed by atoms with Crippen LogP contribution in [0, 0.1) is 11.6 Å². The number of amides is 1. The summed E-state index contributed by atoms with van der Waals surface area (Å²) in [6.07, 6.45) is -0.642. The number of hydrogen-bond donors (Lipinski definition) is 3. The highest BCUT2D eigenvalue weighted by atomic mass is 19.1. The van der Waals surface area contributed by atoms with E-state index >= 15 is 0 Å². The number of halogens is 2. The highest BCUT2D eigenvalue weighted by Crippen LogP contribution is 2.54. The number of carboxylic acids is 1. The Morgan fingerprint density at radius 1 is 0.850 bits per heavy atom. The molecule has 0 saturated carbocycles. The Bertz CT molecular complexity index is 1700. The van der Waals surface area contributed by atoms with Crippen molar-refractivity contribution in [3.05, 3.63) is 129 Å². The van der Waals surface area contributed by atoms with Gasteiger partial charge in [-0.1, -0.05) is 42.5 Å². The molecule has 2 atom stereocenters. The molecule has 0 unspecified atom stereocenters. The number of nitrogens with zero attached hydrogens (tertiary/aromatic N) is 1. The Morgan fingerprint density at radius 2 is 1.52 bits per heavy atom. The first-order chi connectivity index (χ1) is 19.3. The van der Waals surface area contributed by atoms with Gasteiger partial charge in [-0.2, -0.15) is 0 Å². The van der Waals surface area contributed by atoms with Gasteiger partial charge in [0.05, 0.1) is 0 Å². The van der Waals surface area contributed by atoms with E-state index in [-0.39, 0.29) is 30.5 Å². The quantitative estimate of drug-likeness (QED) is 0.229. The first-order valence-electron chi connectivity index (χ1n) is 12.6. The number of fused-ring (bicyclic) bond motifs is 8. The van der Waals surface area contributed by atoms with Gasteiger partial charge >= 0.3 is 5.97 Å². The Labute approximate surface area is 227 Å². The first kappa shape index (κ1) is 25.4. The molecular formula is C31H23F2N3O4. The number of hydrogen-bond acceptors (Lipinski definition) is 4. The number of nitrogens with one attached hydrogen (secondary N) is 1. The lowest BCUT2D eigenvalue weighted by Gasteiger charge is -2.18. The number of ether oxygens (including phenoxy) is 1. The minimum absolute atomic E-state index is 0.129. The molecule has 0 aliphatic carbocycles. The van der Waals surface area contributed by atoms with Gasteiger partial charge in [-0.05, 0) is 63.7 Å². The molecule has 0 aromatic heterocycles. The van der Waals surface area contributed by atoms with Gasteiger partial charge in [0, 0.05) is 29.3 Å². The van der Waals surface area contributed by atoms with Crippen LogP contribution in [0.25, 0.3) is 11.1 Å². The zero-order valence-corrected chi connectivity index (χ0v) is 21.0. The van der Waals surface area contributed by atoms with Crippen molar-refractivity contribution in [2.45, 2.75) is 18.8 Å². The maximum absolute atomic E-state index is 14.4. The number of rotatable bonds is 7. The van der Waals surface area contributed by atoms with Crippen molar-refractivity contribution in [3.63, 3.8) is 0 Å². The fraction of sp³-hybridized carbons (Fsp3) is 0.129. The van der Waals surface area contributed by atoms with Crippen molar-refractivity contribution < 1.29 is 28.2 Å². The number of benzene rings is 4. The van der Waals surface area contributed by atoms with Crippen LogP contribution in [-0.2, 0) is 16.1 Å². The first-order valence-corrected chi connectivity index (χ1v) is 12.6. The molecule has 4 N–H and O–H groups in total. The lowest BCUT2D eigenvalue weighted by atomic mass is 9.83. The second-order valence-corrected chi connectivity index (χ2v) is 9.68. The van der Waals surface area contributed by atoms with E-state index in [0.29, 0.717) is 22.3 Å². The summed E-state index contributed by atoms with van der Waals surface area (Å²) >= 11 is 0. The summed E-state index contributed by atoms with van der Waals surface area (Å²) in [5.74, 6) is -2.45. The van der Waals surface area contributed by atoms with Crippen LogP contribution in [0.5, 0.6) is 0 Å². The molecule has 40 heavy (non-hydrogen) atoms. The Kier molecular flexibility index (Phi) is 6.36. The van der Waals surface area contributed by atoms with Gasteiger partial charge in [0.25, 0.3) is 5.91 Å². The van der Waals surface area contributed by atoms with Gasteiger partial charge in [-0.3, -0.25) is 14.6 Å². The van der Waals surface area contributed by atoms with E-state index in [1.54, 1.807) is 30.3 Å². The second-order valence-electron chi connectivity index (χ2n) is 9.68. The third kappa shape index (κ3) is 4.60. The summed E-state index contributed by atoms with van der Waals surface area (Å²) in [7, 11) is 0. The fourth-order valence-corrected chi connectivity index (χ4v) is 5.20. The predicted molar refractivity (Wildman–Crippen MR) is 144 cm³/mol. The molecule has 9 heteroatoms. The van der Waals surface area contributed by atoms with E-state index in [4.69, 9.17) is 15.6 Å². The van der Waals surface area contributed by atoms with Gasteiger partial charge in [0.15, 0.2) is 0 Å². The molecule has 6 rings (SSSR count). The topological polar surface area (TPSA) is 114 Å². The third-order valence-corrected chi connectivity index (χ3v) is 7.17. The molecule has 1 amide bonds. The lowest BCUT2D eigenvalue weighted by molar-refractivity contribution is -0.135.